The van der Waals surface area contributed by atoms with Crippen molar-refractivity contribution >= 4 is 56.9 Å². The lowest BCUT2D eigenvalue weighted by Crippen LogP contribution is -2.53. The summed E-state index contributed by atoms with van der Waals surface area (Å²) in [7, 11) is 0. The molecular weight excluding hydrogens is 397 g/mol. The number of aromatic nitrogens is 1. The van der Waals surface area contributed by atoms with Gasteiger partial charge in [0.05, 0.1) is 5.56 Å². The summed E-state index contributed by atoms with van der Waals surface area (Å²) in [5.41, 5.74) is 0.559. The van der Waals surface area contributed by atoms with E-state index >= 15 is 0 Å². The van der Waals surface area contributed by atoms with Crippen LogP contribution in [0, 0.1) is 3.57 Å². The van der Waals surface area contributed by atoms with Gasteiger partial charge in [-0.3, -0.25) is 24.6 Å². The molecule has 1 unspecified atom stereocenters. The van der Waals surface area contributed by atoms with E-state index in [-0.39, 0.29) is 18.2 Å². The number of nitrogens with zero attached hydrogens (tertiary/aromatic N) is 2. The van der Waals surface area contributed by atoms with Crippen LogP contribution in [0.5, 0.6) is 0 Å². The summed E-state index contributed by atoms with van der Waals surface area (Å²) >= 11 is 2.18. The standard InChI is InChI=1S/C15H10IN3O3/c16-9-6-17-13-12-7(9)2-1-3-8(12)15(22)19(13)10-4-5-11(20)18-14(10)21/h1-3,6,10H,4-5H2,(H,18,20,21). The first-order chi connectivity index (χ1) is 10.6. The number of halogens is 1. The summed E-state index contributed by atoms with van der Waals surface area (Å²) in [5.74, 6) is -0.466. The van der Waals surface area contributed by atoms with Crippen molar-refractivity contribution in [3.63, 3.8) is 0 Å². The highest BCUT2D eigenvalue weighted by molar-refractivity contribution is 14.1. The van der Waals surface area contributed by atoms with Gasteiger partial charge in [0.15, 0.2) is 0 Å². The van der Waals surface area contributed by atoms with E-state index in [2.05, 4.69) is 32.9 Å². The molecule has 0 spiro atoms. The molecule has 7 heteroatoms. The van der Waals surface area contributed by atoms with E-state index in [1.807, 2.05) is 12.1 Å². The van der Waals surface area contributed by atoms with E-state index in [1.165, 1.54) is 4.90 Å². The Morgan fingerprint density at radius 3 is 2.86 bits per heavy atom. The zero-order chi connectivity index (χ0) is 15.4. The summed E-state index contributed by atoms with van der Waals surface area (Å²) < 4.78 is 0.955. The fraction of sp³-hybridized carbons (Fsp3) is 0.200. The highest BCUT2D eigenvalue weighted by Gasteiger charge is 2.41. The van der Waals surface area contributed by atoms with Crippen LogP contribution in [0.25, 0.3) is 10.8 Å². The predicted molar refractivity (Wildman–Crippen MR) is 87.4 cm³/mol. The summed E-state index contributed by atoms with van der Waals surface area (Å²) in [6, 6.07) is 4.83. The summed E-state index contributed by atoms with van der Waals surface area (Å²) in [5, 5.41) is 4.03. The molecule has 3 amide bonds. The molecule has 0 aliphatic carbocycles. The first kappa shape index (κ1) is 13.6. The molecule has 1 saturated heterocycles. The predicted octanol–water partition coefficient (Wildman–Crippen LogP) is 1.60. The SMILES string of the molecule is O=C1CCC(N2C(=O)c3cccc4c(I)cnc2c34)C(=O)N1. The normalized spacial score (nSPS) is 20.7. The minimum Gasteiger partial charge on any atom is -0.295 e. The second-order valence-electron chi connectivity index (χ2n) is 5.30. The molecule has 1 fully saturated rings. The van der Waals surface area contributed by atoms with Gasteiger partial charge in [-0.15, -0.1) is 0 Å². The molecule has 110 valence electrons. The van der Waals surface area contributed by atoms with Gasteiger partial charge in [0.2, 0.25) is 11.8 Å². The number of hydrogen-bond acceptors (Lipinski definition) is 4. The van der Waals surface area contributed by atoms with Crippen LogP contribution in [0.1, 0.15) is 23.2 Å². The molecule has 0 radical (unpaired) electrons. The maximum absolute atomic E-state index is 12.7. The van der Waals surface area contributed by atoms with Crippen LogP contribution in [0.15, 0.2) is 24.4 Å². The molecule has 2 aliphatic heterocycles. The lowest BCUT2D eigenvalue weighted by Gasteiger charge is -2.29. The Balaban J connectivity index is 1.89. The zero-order valence-electron chi connectivity index (χ0n) is 11.3. The Kier molecular flexibility index (Phi) is 2.93. The molecular formula is C15H10IN3O3. The van der Waals surface area contributed by atoms with E-state index in [0.717, 1.165) is 14.3 Å². The summed E-state index contributed by atoms with van der Waals surface area (Å²) in [6.07, 6.45) is 2.24. The number of nitrogens with one attached hydrogen (secondary N) is 1. The van der Waals surface area contributed by atoms with Gasteiger partial charge in [-0.25, -0.2) is 4.98 Å². The quantitative estimate of drug-likeness (QED) is 0.576. The molecule has 2 aliphatic rings. The third kappa shape index (κ3) is 1.78. The Bertz CT molecular complexity index is 864. The zero-order valence-corrected chi connectivity index (χ0v) is 13.5. The first-order valence-electron chi connectivity index (χ1n) is 6.82. The van der Waals surface area contributed by atoms with Gasteiger partial charge in [0, 0.05) is 27.0 Å². The third-order valence-electron chi connectivity index (χ3n) is 4.04. The van der Waals surface area contributed by atoms with Crippen molar-refractivity contribution in [1.29, 1.82) is 0 Å². The molecule has 1 aromatic carbocycles. The lowest BCUT2D eigenvalue weighted by atomic mass is 10.0. The molecule has 3 heterocycles. The Hall–Kier alpha value is -2.03. The van der Waals surface area contributed by atoms with Gasteiger partial charge in [-0.05, 0) is 35.1 Å². The maximum Gasteiger partial charge on any atom is 0.260 e. The minimum absolute atomic E-state index is 0.226. The smallest absolute Gasteiger partial charge is 0.260 e. The lowest BCUT2D eigenvalue weighted by molar-refractivity contribution is -0.134. The molecule has 1 atom stereocenters. The van der Waals surface area contributed by atoms with Crippen molar-refractivity contribution in [2.75, 3.05) is 4.90 Å². The van der Waals surface area contributed by atoms with Crippen LogP contribution in [0.3, 0.4) is 0 Å². The minimum atomic E-state index is -0.687. The van der Waals surface area contributed by atoms with E-state index in [0.29, 0.717) is 17.8 Å². The van der Waals surface area contributed by atoms with Gasteiger partial charge < -0.3 is 0 Å². The highest BCUT2D eigenvalue weighted by Crippen LogP contribution is 2.39. The van der Waals surface area contributed by atoms with Gasteiger partial charge in [-0.2, -0.15) is 0 Å². The number of pyridine rings is 1. The van der Waals surface area contributed by atoms with E-state index in [9.17, 15) is 14.4 Å². The number of piperidine rings is 1. The third-order valence-corrected chi connectivity index (χ3v) is 4.90. The molecule has 0 bridgehead atoms. The van der Waals surface area contributed by atoms with Crippen LogP contribution in [0.2, 0.25) is 0 Å². The molecule has 6 nitrogen and oxygen atoms in total. The molecule has 2 aromatic rings. The van der Waals surface area contributed by atoms with Gasteiger partial charge in [-0.1, -0.05) is 12.1 Å². The second kappa shape index (κ2) is 4.73. The fourth-order valence-electron chi connectivity index (χ4n) is 3.05. The number of anilines is 1. The van der Waals surface area contributed by atoms with Crippen molar-refractivity contribution in [1.82, 2.24) is 10.3 Å². The van der Waals surface area contributed by atoms with Crippen molar-refractivity contribution in [2.24, 2.45) is 0 Å². The number of rotatable bonds is 1. The number of hydrogen-bond donors (Lipinski definition) is 1. The Morgan fingerprint density at radius 1 is 1.27 bits per heavy atom. The first-order valence-corrected chi connectivity index (χ1v) is 7.90. The average Bonchev–Trinajstić information content (AvgIpc) is 2.78. The van der Waals surface area contributed by atoms with Crippen LogP contribution < -0.4 is 10.2 Å². The largest absolute Gasteiger partial charge is 0.295 e. The van der Waals surface area contributed by atoms with E-state index in [1.54, 1.807) is 12.3 Å². The van der Waals surface area contributed by atoms with E-state index in [4.69, 9.17) is 0 Å². The van der Waals surface area contributed by atoms with Crippen molar-refractivity contribution in [2.45, 2.75) is 18.9 Å². The second-order valence-corrected chi connectivity index (χ2v) is 6.46. The van der Waals surface area contributed by atoms with Crippen LogP contribution in [-0.4, -0.2) is 28.7 Å². The van der Waals surface area contributed by atoms with Crippen molar-refractivity contribution < 1.29 is 14.4 Å². The van der Waals surface area contributed by atoms with E-state index < -0.39 is 11.9 Å². The topological polar surface area (TPSA) is 79.4 Å². The maximum atomic E-state index is 12.7. The number of carbonyl (C=O) groups excluding carboxylic acids is 3. The molecule has 1 N–H and O–H groups in total. The summed E-state index contributed by atoms with van der Waals surface area (Å²) in [6.45, 7) is 0. The number of amides is 3. The number of carbonyl (C=O) groups is 3. The van der Waals surface area contributed by atoms with Gasteiger partial charge in [0.25, 0.3) is 5.91 Å². The molecule has 22 heavy (non-hydrogen) atoms. The number of benzene rings is 1. The molecule has 4 rings (SSSR count). The van der Waals surface area contributed by atoms with Crippen molar-refractivity contribution in [3.8, 4) is 0 Å². The van der Waals surface area contributed by atoms with Gasteiger partial charge in [0.1, 0.15) is 11.9 Å². The number of imide groups is 1. The highest BCUT2D eigenvalue weighted by atomic mass is 127. The summed E-state index contributed by atoms with van der Waals surface area (Å²) in [4.78, 5) is 42.0. The molecule has 0 saturated carbocycles. The Morgan fingerprint density at radius 2 is 2.09 bits per heavy atom. The van der Waals surface area contributed by atoms with Crippen LogP contribution >= 0.6 is 22.6 Å². The van der Waals surface area contributed by atoms with Crippen LogP contribution in [-0.2, 0) is 9.59 Å². The van der Waals surface area contributed by atoms with Crippen molar-refractivity contribution in [3.05, 3.63) is 33.5 Å². The Labute approximate surface area is 139 Å². The van der Waals surface area contributed by atoms with Crippen LogP contribution in [0.4, 0.5) is 5.82 Å². The fourth-order valence-corrected chi connectivity index (χ4v) is 3.64. The van der Waals surface area contributed by atoms with Gasteiger partial charge >= 0.3 is 0 Å². The monoisotopic (exact) mass is 407 g/mol. The average molecular weight is 407 g/mol. The molecule has 1 aromatic heterocycles.